The van der Waals surface area contributed by atoms with Crippen LogP contribution in [0.4, 0.5) is 0 Å². The maximum atomic E-state index is 12.4. The molecule has 2 heterocycles. The zero-order valence-corrected chi connectivity index (χ0v) is 12.7. The summed E-state index contributed by atoms with van der Waals surface area (Å²) in [6.07, 6.45) is 4.86. The highest BCUT2D eigenvalue weighted by Gasteiger charge is 2.36. The molecule has 1 atom stereocenters. The van der Waals surface area contributed by atoms with E-state index >= 15 is 0 Å². The molecule has 2 amide bonds. The van der Waals surface area contributed by atoms with Gasteiger partial charge in [-0.1, -0.05) is 6.42 Å². The van der Waals surface area contributed by atoms with E-state index in [0.29, 0.717) is 32.5 Å². The second-order valence-corrected chi connectivity index (χ2v) is 5.62. The Labute approximate surface area is 125 Å². The van der Waals surface area contributed by atoms with E-state index in [1.54, 1.807) is 16.7 Å². The average Bonchev–Trinajstić information content (AvgIpc) is 2.87. The van der Waals surface area contributed by atoms with Crippen molar-refractivity contribution in [3.05, 3.63) is 0 Å². The van der Waals surface area contributed by atoms with Gasteiger partial charge in [-0.3, -0.25) is 9.59 Å². The molecule has 2 saturated heterocycles. The predicted molar refractivity (Wildman–Crippen MR) is 76.4 cm³/mol. The fourth-order valence-electron chi connectivity index (χ4n) is 3.01. The normalized spacial score (nSPS) is 23.1. The van der Waals surface area contributed by atoms with Crippen LogP contribution >= 0.6 is 0 Å². The van der Waals surface area contributed by atoms with Crippen molar-refractivity contribution in [2.24, 2.45) is 0 Å². The van der Waals surface area contributed by atoms with Crippen LogP contribution in [0.1, 0.15) is 45.4 Å². The van der Waals surface area contributed by atoms with Crippen molar-refractivity contribution in [3.8, 4) is 0 Å². The molecule has 2 rings (SSSR count). The van der Waals surface area contributed by atoms with Crippen LogP contribution in [0.2, 0.25) is 0 Å². The summed E-state index contributed by atoms with van der Waals surface area (Å²) >= 11 is 0. The number of esters is 1. The van der Waals surface area contributed by atoms with E-state index in [-0.39, 0.29) is 24.3 Å². The van der Waals surface area contributed by atoms with Crippen LogP contribution in [-0.4, -0.2) is 59.9 Å². The Morgan fingerprint density at radius 3 is 2.76 bits per heavy atom. The van der Waals surface area contributed by atoms with Gasteiger partial charge in [0.2, 0.25) is 11.8 Å². The molecule has 0 aromatic carbocycles. The smallest absolute Gasteiger partial charge is 0.328 e. The van der Waals surface area contributed by atoms with Gasteiger partial charge < -0.3 is 14.5 Å². The third-order valence-corrected chi connectivity index (χ3v) is 4.13. The number of ether oxygens (including phenoxy) is 1. The van der Waals surface area contributed by atoms with Gasteiger partial charge in [0.1, 0.15) is 6.04 Å². The first kappa shape index (κ1) is 15.8. The quantitative estimate of drug-likeness (QED) is 0.724. The van der Waals surface area contributed by atoms with Gasteiger partial charge in [-0.2, -0.15) is 0 Å². The van der Waals surface area contributed by atoms with E-state index < -0.39 is 6.04 Å². The van der Waals surface area contributed by atoms with Crippen molar-refractivity contribution in [1.29, 1.82) is 0 Å². The lowest BCUT2D eigenvalue weighted by Gasteiger charge is -2.27. The third-order valence-electron chi connectivity index (χ3n) is 4.13. The number of hydrogen-bond acceptors (Lipinski definition) is 4. The van der Waals surface area contributed by atoms with E-state index in [9.17, 15) is 14.4 Å². The van der Waals surface area contributed by atoms with Gasteiger partial charge in [0.25, 0.3) is 0 Å². The zero-order chi connectivity index (χ0) is 15.2. The SMILES string of the molecule is CCOC(=O)C1CCCN1C(=O)CN1CCCCCC1=O. The molecule has 118 valence electrons. The van der Waals surface area contributed by atoms with Gasteiger partial charge in [-0.25, -0.2) is 4.79 Å². The fourth-order valence-corrected chi connectivity index (χ4v) is 3.01. The first-order chi connectivity index (χ1) is 10.1. The molecule has 0 N–H and O–H groups in total. The van der Waals surface area contributed by atoms with E-state index in [4.69, 9.17) is 4.74 Å². The summed E-state index contributed by atoms with van der Waals surface area (Å²) in [5, 5.41) is 0. The number of carbonyl (C=O) groups excluding carboxylic acids is 3. The second kappa shape index (κ2) is 7.43. The lowest BCUT2D eigenvalue weighted by Crippen LogP contribution is -2.47. The van der Waals surface area contributed by atoms with E-state index in [1.165, 1.54) is 0 Å². The van der Waals surface area contributed by atoms with Crippen LogP contribution in [0.15, 0.2) is 0 Å². The van der Waals surface area contributed by atoms with Crippen LogP contribution in [0.3, 0.4) is 0 Å². The van der Waals surface area contributed by atoms with Crippen LogP contribution in [0.5, 0.6) is 0 Å². The van der Waals surface area contributed by atoms with Crippen molar-refractivity contribution < 1.29 is 19.1 Å². The maximum absolute atomic E-state index is 12.4. The molecule has 0 aromatic rings. The average molecular weight is 296 g/mol. The van der Waals surface area contributed by atoms with Crippen LogP contribution in [0.25, 0.3) is 0 Å². The van der Waals surface area contributed by atoms with Crippen LogP contribution < -0.4 is 0 Å². The van der Waals surface area contributed by atoms with Gasteiger partial charge in [0.05, 0.1) is 13.2 Å². The Morgan fingerprint density at radius 1 is 1.19 bits per heavy atom. The van der Waals surface area contributed by atoms with Crippen molar-refractivity contribution in [2.45, 2.75) is 51.5 Å². The highest BCUT2D eigenvalue weighted by molar-refractivity contribution is 5.89. The molecular weight excluding hydrogens is 272 g/mol. The van der Waals surface area contributed by atoms with Gasteiger partial charge >= 0.3 is 5.97 Å². The van der Waals surface area contributed by atoms with Crippen molar-refractivity contribution >= 4 is 17.8 Å². The topological polar surface area (TPSA) is 66.9 Å². The van der Waals surface area contributed by atoms with Crippen LogP contribution in [-0.2, 0) is 19.1 Å². The minimum Gasteiger partial charge on any atom is -0.464 e. The summed E-state index contributed by atoms with van der Waals surface area (Å²) in [5.41, 5.74) is 0. The second-order valence-electron chi connectivity index (χ2n) is 5.62. The molecule has 6 heteroatoms. The molecule has 1 unspecified atom stereocenters. The number of nitrogens with zero attached hydrogens (tertiary/aromatic N) is 2. The summed E-state index contributed by atoms with van der Waals surface area (Å²) in [6, 6.07) is -0.473. The Hall–Kier alpha value is -1.59. The van der Waals surface area contributed by atoms with E-state index in [1.807, 2.05) is 0 Å². The first-order valence-electron chi connectivity index (χ1n) is 7.87. The molecule has 21 heavy (non-hydrogen) atoms. The van der Waals surface area contributed by atoms with E-state index in [2.05, 4.69) is 0 Å². The summed E-state index contributed by atoms with van der Waals surface area (Å²) in [6.45, 7) is 3.39. The molecular formula is C15H24N2O4. The van der Waals surface area contributed by atoms with Gasteiger partial charge in [0, 0.05) is 19.5 Å². The van der Waals surface area contributed by atoms with E-state index in [0.717, 1.165) is 25.7 Å². The van der Waals surface area contributed by atoms with Gasteiger partial charge in [0.15, 0.2) is 0 Å². The molecule has 0 bridgehead atoms. The summed E-state index contributed by atoms with van der Waals surface area (Å²) < 4.78 is 5.02. The lowest BCUT2D eigenvalue weighted by atomic mass is 10.2. The zero-order valence-electron chi connectivity index (χ0n) is 12.7. The number of carbonyl (C=O) groups is 3. The number of rotatable bonds is 4. The Kier molecular flexibility index (Phi) is 5.59. The fraction of sp³-hybridized carbons (Fsp3) is 0.800. The van der Waals surface area contributed by atoms with Crippen LogP contribution in [0, 0.1) is 0 Å². The molecule has 0 aromatic heterocycles. The van der Waals surface area contributed by atoms with Crippen molar-refractivity contribution in [1.82, 2.24) is 9.80 Å². The molecule has 2 aliphatic rings. The molecule has 6 nitrogen and oxygen atoms in total. The molecule has 0 aliphatic carbocycles. The maximum Gasteiger partial charge on any atom is 0.328 e. The highest BCUT2D eigenvalue weighted by Crippen LogP contribution is 2.20. The first-order valence-corrected chi connectivity index (χ1v) is 7.87. The highest BCUT2D eigenvalue weighted by atomic mass is 16.5. The van der Waals surface area contributed by atoms with Crippen molar-refractivity contribution in [3.63, 3.8) is 0 Å². The summed E-state index contributed by atoms with van der Waals surface area (Å²) in [5.74, 6) is -0.418. The van der Waals surface area contributed by atoms with Gasteiger partial charge in [-0.05, 0) is 32.6 Å². The molecule has 0 radical (unpaired) electrons. The number of hydrogen-bond donors (Lipinski definition) is 0. The standard InChI is InChI=1S/C15H24N2O4/c1-2-21-15(20)12-7-6-10-17(12)14(19)11-16-9-5-3-4-8-13(16)18/h12H,2-11H2,1H3. The molecule has 0 spiro atoms. The van der Waals surface area contributed by atoms with Gasteiger partial charge in [-0.15, -0.1) is 0 Å². The Bertz CT molecular complexity index is 410. The minimum absolute atomic E-state index is 0.0488. The summed E-state index contributed by atoms with van der Waals surface area (Å²) in [7, 11) is 0. The lowest BCUT2D eigenvalue weighted by molar-refractivity contribution is -0.153. The summed E-state index contributed by atoms with van der Waals surface area (Å²) in [4.78, 5) is 39.5. The molecule has 0 saturated carbocycles. The number of amides is 2. The predicted octanol–water partition coefficient (Wildman–Crippen LogP) is 0.943. The molecule has 2 fully saturated rings. The van der Waals surface area contributed by atoms with Crippen molar-refractivity contribution in [2.75, 3.05) is 26.2 Å². The Morgan fingerprint density at radius 2 is 2.00 bits per heavy atom. The largest absolute Gasteiger partial charge is 0.464 e. The minimum atomic E-state index is -0.473. The third kappa shape index (κ3) is 3.95. The monoisotopic (exact) mass is 296 g/mol. The molecule has 2 aliphatic heterocycles. The Balaban J connectivity index is 1.95. The number of likely N-dealkylation sites (tertiary alicyclic amines) is 2.